The molecule has 0 bridgehead atoms. The van der Waals surface area contributed by atoms with Gasteiger partial charge in [-0.2, -0.15) is 0 Å². The molecule has 0 saturated carbocycles. The van der Waals surface area contributed by atoms with E-state index in [0.717, 1.165) is 34.4 Å². The van der Waals surface area contributed by atoms with E-state index in [1.165, 1.54) is 0 Å². The highest BCUT2D eigenvalue weighted by Gasteiger charge is 2.16. The van der Waals surface area contributed by atoms with E-state index in [-0.39, 0.29) is 12.4 Å². The third kappa shape index (κ3) is 4.60. The Kier molecular flexibility index (Phi) is 5.95. The van der Waals surface area contributed by atoms with E-state index in [9.17, 15) is 9.90 Å². The maximum Gasteiger partial charge on any atom is 0.144 e. The molecule has 0 aliphatic carbocycles. The lowest BCUT2D eigenvalue weighted by atomic mass is 10.1. The van der Waals surface area contributed by atoms with Gasteiger partial charge in [-0.3, -0.25) is 0 Å². The molecule has 2 aromatic heterocycles. The molecule has 154 valence electrons. The maximum atomic E-state index is 11.1. The summed E-state index contributed by atoms with van der Waals surface area (Å²) in [5.41, 5.74) is 3.76. The molecule has 6 heteroatoms. The van der Waals surface area contributed by atoms with Crippen molar-refractivity contribution in [3.05, 3.63) is 72.7 Å². The van der Waals surface area contributed by atoms with Crippen molar-refractivity contribution in [1.82, 2.24) is 9.55 Å². The number of aliphatic hydroxyl groups is 1. The lowest BCUT2D eigenvalue weighted by Gasteiger charge is -2.15. The van der Waals surface area contributed by atoms with Crippen molar-refractivity contribution >= 4 is 16.8 Å². The van der Waals surface area contributed by atoms with E-state index in [0.29, 0.717) is 18.7 Å². The highest BCUT2D eigenvalue weighted by molar-refractivity contribution is 5.80. The van der Waals surface area contributed by atoms with Crippen LogP contribution in [0.15, 0.2) is 71.5 Å². The Bertz CT molecular complexity index is 1110. The normalized spacial score (nSPS) is 12.2. The van der Waals surface area contributed by atoms with Crippen LogP contribution in [0.4, 0.5) is 0 Å². The molecular formula is C24H24N2O4. The zero-order valence-electron chi connectivity index (χ0n) is 16.8. The second kappa shape index (κ2) is 8.97. The van der Waals surface area contributed by atoms with Gasteiger partial charge in [-0.25, -0.2) is 4.98 Å². The minimum absolute atomic E-state index is 0.157. The number of fused-ring (bicyclic) bond motifs is 1. The fraction of sp³-hybridized carbons (Fsp3) is 0.250. The molecular weight excluding hydrogens is 380 g/mol. The van der Waals surface area contributed by atoms with Crippen LogP contribution in [0.1, 0.15) is 18.9 Å². The Morgan fingerprint density at radius 3 is 2.70 bits per heavy atom. The van der Waals surface area contributed by atoms with Crippen LogP contribution < -0.4 is 4.74 Å². The van der Waals surface area contributed by atoms with Gasteiger partial charge in [0.2, 0.25) is 0 Å². The zero-order valence-corrected chi connectivity index (χ0v) is 16.8. The summed E-state index contributed by atoms with van der Waals surface area (Å²) in [7, 11) is 0. The van der Waals surface area contributed by atoms with Gasteiger partial charge in [0.15, 0.2) is 0 Å². The quantitative estimate of drug-likeness (QED) is 0.451. The molecule has 0 spiro atoms. The van der Waals surface area contributed by atoms with Crippen molar-refractivity contribution in [3.8, 4) is 17.1 Å². The summed E-state index contributed by atoms with van der Waals surface area (Å²) in [6.07, 6.45) is 3.80. The van der Waals surface area contributed by atoms with E-state index >= 15 is 0 Å². The molecule has 0 amide bonds. The molecule has 0 aliphatic rings. The number of hydrogen-bond donors (Lipinski definition) is 1. The highest BCUT2D eigenvalue weighted by Crippen LogP contribution is 2.25. The van der Waals surface area contributed by atoms with Crippen molar-refractivity contribution in [2.45, 2.75) is 32.4 Å². The third-order valence-electron chi connectivity index (χ3n) is 4.96. The molecule has 0 unspecified atom stereocenters. The van der Waals surface area contributed by atoms with Crippen molar-refractivity contribution < 1.29 is 19.1 Å². The predicted molar refractivity (Wildman–Crippen MR) is 114 cm³/mol. The molecule has 4 rings (SSSR count). The van der Waals surface area contributed by atoms with Gasteiger partial charge in [-0.15, -0.1) is 0 Å². The monoisotopic (exact) mass is 404 g/mol. The maximum absolute atomic E-state index is 11.1. The SMILES string of the molecule is CC(=O)CCc1ccc(OC[C@H](O)Cn2c(-c3ccoc3)nc3ccccc32)cc1. The number of nitrogens with zero attached hydrogens (tertiary/aromatic N) is 2. The average Bonchev–Trinajstić information content (AvgIpc) is 3.40. The summed E-state index contributed by atoms with van der Waals surface area (Å²) in [5, 5.41) is 10.6. The second-order valence-corrected chi connectivity index (χ2v) is 7.36. The first kappa shape index (κ1) is 19.9. The molecule has 6 nitrogen and oxygen atoms in total. The molecule has 30 heavy (non-hydrogen) atoms. The first-order valence-corrected chi connectivity index (χ1v) is 9.97. The lowest BCUT2D eigenvalue weighted by molar-refractivity contribution is -0.116. The Morgan fingerprint density at radius 1 is 1.17 bits per heavy atom. The Labute approximate surface area is 174 Å². The van der Waals surface area contributed by atoms with Crippen molar-refractivity contribution in [1.29, 1.82) is 0 Å². The van der Waals surface area contributed by atoms with Gasteiger partial charge in [0, 0.05) is 6.42 Å². The molecule has 1 atom stereocenters. The molecule has 2 aromatic carbocycles. The summed E-state index contributed by atoms with van der Waals surface area (Å²) in [6, 6.07) is 17.3. The third-order valence-corrected chi connectivity index (χ3v) is 4.96. The van der Waals surface area contributed by atoms with E-state index in [1.807, 2.05) is 59.2 Å². The Hall–Kier alpha value is -3.38. The molecule has 2 heterocycles. The summed E-state index contributed by atoms with van der Waals surface area (Å²) in [4.78, 5) is 15.8. The minimum atomic E-state index is -0.717. The molecule has 1 N–H and O–H groups in total. The van der Waals surface area contributed by atoms with Gasteiger partial charge in [0.05, 0.1) is 29.4 Å². The van der Waals surface area contributed by atoms with E-state index < -0.39 is 6.10 Å². The van der Waals surface area contributed by atoms with Crippen LogP contribution in [-0.2, 0) is 17.8 Å². The zero-order chi connectivity index (χ0) is 20.9. The molecule has 0 saturated heterocycles. The summed E-state index contributed by atoms with van der Waals surface area (Å²) in [5.74, 6) is 1.62. The minimum Gasteiger partial charge on any atom is -0.491 e. The number of imidazole rings is 1. The van der Waals surface area contributed by atoms with Crippen molar-refractivity contribution in [3.63, 3.8) is 0 Å². The number of aryl methyl sites for hydroxylation is 1. The van der Waals surface area contributed by atoms with Crippen molar-refractivity contribution in [2.24, 2.45) is 0 Å². The summed E-state index contributed by atoms with van der Waals surface area (Å²) in [6.45, 7) is 2.10. The summed E-state index contributed by atoms with van der Waals surface area (Å²) < 4.78 is 13.0. The van der Waals surface area contributed by atoms with E-state index in [1.54, 1.807) is 19.5 Å². The lowest BCUT2D eigenvalue weighted by Crippen LogP contribution is -2.24. The number of aliphatic hydroxyl groups excluding tert-OH is 1. The first-order chi connectivity index (χ1) is 14.6. The van der Waals surface area contributed by atoms with Gasteiger partial charge in [0.1, 0.15) is 36.3 Å². The number of ketones is 1. The van der Waals surface area contributed by atoms with Crippen LogP contribution in [0.3, 0.4) is 0 Å². The van der Waals surface area contributed by atoms with Crippen LogP contribution in [0.25, 0.3) is 22.4 Å². The number of carbonyl (C=O) groups is 1. The molecule has 0 radical (unpaired) electrons. The van der Waals surface area contributed by atoms with Crippen molar-refractivity contribution in [2.75, 3.05) is 6.61 Å². The largest absolute Gasteiger partial charge is 0.491 e. The number of carbonyl (C=O) groups excluding carboxylic acids is 1. The number of hydrogen-bond acceptors (Lipinski definition) is 5. The summed E-state index contributed by atoms with van der Waals surface area (Å²) >= 11 is 0. The smallest absolute Gasteiger partial charge is 0.144 e. The molecule has 4 aromatic rings. The number of aromatic nitrogens is 2. The fourth-order valence-corrected chi connectivity index (χ4v) is 3.40. The van der Waals surface area contributed by atoms with Gasteiger partial charge >= 0.3 is 0 Å². The number of Topliss-reactive ketones (excluding diaryl/α,β-unsaturated/α-hetero) is 1. The topological polar surface area (TPSA) is 77.5 Å². The fourth-order valence-electron chi connectivity index (χ4n) is 3.40. The average molecular weight is 404 g/mol. The van der Waals surface area contributed by atoms with Gasteiger partial charge in [-0.1, -0.05) is 24.3 Å². The van der Waals surface area contributed by atoms with E-state index in [4.69, 9.17) is 14.1 Å². The Balaban J connectivity index is 1.43. The Morgan fingerprint density at radius 2 is 1.97 bits per heavy atom. The van der Waals surface area contributed by atoms with Crippen LogP contribution in [0, 0.1) is 0 Å². The number of benzene rings is 2. The van der Waals surface area contributed by atoms with Gasteiger partial charge in [-0.05, 0) is 49.2 Å². The predicted octanol–water partition coefficient (Wildman–Crippen LogP) is 4.26. The van der Waals surface area contributed by atoms with Crippen LogP contribution in [0.5, 0.6) is 5.75 Å². The standard InChI is InChI=1S/C24H24N2O4/c1-17(27)6-7-18-8-10-21(11-9-18)30-16-20(28)14-26-23-5-3-2-4-22(23)25-24(26)19-12-13-29-15-19/h2-5,8-13,15,20,28H,6-7,14,16H2,1H3/t20-/m1/s1. The number of ether oxygens (including phenoxy) is 1. The number of rotatable bonds is 9. The molecule has 0 aliphatic heterocycles. The first-order valence-electron chi connectivity index (χ1n) is 9.97. The second-order valence-electron chi connectivity index (χ2n) is 7.36. The number of para-hydroxylation sites is 2. The highest BCUT2D eigenvalue weighted by atomic mass is 16.5. The van der Waals surface area contributed by atoms with Crippen LogP contribution in [0.2, 0.25) is 0 Å². The van der Waals surface area contributed by atoms with Crippen LogP contribution in [-0.4, -0.2) is 33.2 Å². The molecule has 0 fully saturated rings. The van der Waals surface area contributed by atoms with Gasteiger partial charge < -0.3 is 23.6 Å². The van der Waals surface area contributed by atoms with Gasteiger partial charge in [0.25, 0.3) is 0 Å². The number of furan rings is 1. The van der Waals surface area contributed by atoms with E-state index in [2.05, 4.69) is 0 Å². The van der Waals surface area contributed by atoms with Crippen LogP contribution >= 0.6 is 0 Å².